The highest BCUT2D eigenvalue weighted by Gasteiger charge is 2.11. The van der Waals surface area contributed by atoms with Gasteiger partial charge in [0, 0.05) is 24.5 Å². The maximum absolute atomic E-state index is 3.96. The molecule has 1 atom stereocenters. The molecule has 0 fully saturated rings. The van der Waals surface area contributed by atoms with Crippen molar-refractivity contribution < 1.29 is 0 Å². The topological polar surface area (TPSA) is 31.9 Å². The SMILES string of the molecule is C[C@@H](c1ccccc1)N(C)Cc1ccn[nH]1. The highest BCUT2D eigenvalue weighted by molar-refractivity contribution is 5.18. The van der Waals surface area contributed by atoms with Crippen molar-refractivity contribution in [1.29, 1.82) is 0 Å². The molecule has 1 aromatic carbocycles. The largest absolute Gasteiger partial charge is 0.294 e. The Morgan fingerprint density at radius 1 is 1.25 bits per heavy atom. The summed E-state index contributed by atoms with van der Waals surface area (Å²) in [7, 11) is 2.12. The van der Waals surface area contributed by atoms with E-state index in [2.05, 4.69) is 53.3 Å². The summed E-state index contributed by atoms with van der Waals surface area (Å²) in [6.07, 6.45) is 1.79. The monoisotopic (exact) mass is 215 g/mol. The molecule has 0 saturated heterocycles. The molecule has 0 aliphatic carbocycles. The summed E-state index contributed by atoms with van der Waals surface area (Å²) in [5.41, 5.74) is 2.48. The van der Waals surface area contributed by atoms with Crippen LogP contribution < -0.4 is 0 Å². The highest BCUT2D eigenvalue weighted by atomic mass is 15.2. The number of H-pyrrole nitrogens is 1. The zero-order chi connectivity index (χ0) is 11.4. The predicted molar refractivity (Wildman–Crippen MR) is 64.9 cm³/mol. The van der Waals surface area contributed by atoms with E-state index in [1.807, 2.05) is 12.1 Å². The van der Waals surface area contributed by atoms with E-state index in [4.69, 9.17) is 0 Å². The first-order valence-corrected chi connectivity index (χ1v) is 5.51. The zero-order valence-electron chi connectivity index (χ0n) is 9.72. The fourth-order valence-electron chi connectivity index (χ4n) is 1.76. The van der Waals surface area contributed by atoms with Crippen molar-refractivity contribution in [2.24, 2.45) is 0 Å². The summed E-state index contributed by atoms with van der Waals surface area (Å²) >= 11 is 0. The summed E-state index contributed by atoms with van der Waals surface area (Å²) < 4.78 is 0. The Morgan fingerprint density at radius 2 is 2.00 bits per heavy atom. The second-order valence-electron chi connectivity index (χ2n) is 4.08. The first-order valence-electron chi connectivity index (χ1n) is 5.51. The number of hydrogen-bond acceptors (Lipinski definition) is 2. The van der Waals surface area contributed by atoms with Crippen molar-refractivity contribution in [1.82, 2.24) is 15.1 Å². The molecule has 0 aliphatic heterocycles. The van der Waals surface area contributed by atoms with Crippen molar-refractivity contribution in [2.45, 2.75) is 19.5 Å². The molecule has 0 radical (unpaired) electrons. The maximum Gasteiger partial charge on any atom is 0.0492 e. The predicted octanol–water partition coefficient (Wildman–Crippen LogP) is 2.60. The lowest BCUT2D eigenvalue weighted by Gasteiger charge is -2.24. The fourth-order valence-corrected chi connectivity index (χ4v) is 1.76. The van der Waals surface area contributed by atoms with Gasteiger partial charge in [-0.15, -0.1) is 0 Å². The normalized spacial score (nSPS) is 12.9. The van der Waals surface area contributed by atoms with E-state index in [-0.39, 0.29) is 0 Å². The van der Waals surface area contributed by atoms with E-state index in [1.54, 1.807) is 6.20 Å². The average molecular weight is 215 g/mol. The summed E-state index contributed by atoms with van der Waals surface area (Å²) in [6.45, 7) is 3.10. The van der Waals surface area contributed by atoms with Crippen LogP contribution in [-0.2, 0) is 6.54 Å². The number of rotatable bonds is 4. The number of hydrogen-bond donors (Lipinski definition) is 1. The van der Waals surface area contributed by atoms with Crippen LogP contribution in [-0.4, -0.2) is 22.1 Å². The maximum atomic E-state index is 3.96. The van der Waals surface area contributed by atoms with E-state index in [0.717, 1.165) is 12.2 Å². The number of aromatic amines is 1. The van der Waals surface area contributed by atoms with Crippen LogP contribution in [0.4, 0.5) is 0 Å². The number of nitrogens with one attached hydrogen (secondary N) is 1. The molecule has 0 bridgehead atoms. The average Bonchev–Trinajstić information content (AvgIpc) is 2.82. The van der Waals surface area contributed by atoms with Gasteiger partial charge in [-0.25, -0.2) is 0 Å². The van der Waals surface area contributed by atoms with Crippen LogP contribution in [0, 0.1) is 0 Å². The van der Waals surface area contributed by atoms with Gasteiger partial charge in [0.15, 0.2) is 0 Å². The molecular formula is C13H17N3. The molecule has 1 aromatic heterocycles. The third-order valence-electron chi connectivity index (χ3n) is 2.92. The first kappa shape index (κ1) is 10.9. The number of aromatic nitrogens is 2. The van der Waals surface area contributed by atoms with Crippen LogP contribution in [0.2, 0.25) is 0 Å². The minimum atomic E-state index is 0.407. The van der Waals surface area contributed by atoms with Gasteiger partial charge in [-0.1, -0.05) is 30.3 Å². The molecule has 16 heavy (non-hydrogen) atoms. The Kier molecular flexibility index (Phi) is 3.37. The fraction of sp³-hybridized carbons (Fsp3) is 0.308. The smallest absolute Gasteiger partial charge is 0.0492 e. The molecular weight excluding hydrogens is 198 g/mol. The zero-order valence-corrected chi connectivity index (χ0v) is 9.72. The molecule has 3 heteroatoms. The molecule has 3 nitrogen and oxygen atoms in total. The van der Waals surface area contributed by atoms with E-state index in [9.17, 15) is 0 Å². The molecule has 0 saturated carbocycles. The molecule has 2 aromatic rings. The Balaban J connectivity index is 2.02. The summed E-state index contributed by atoms with van der Waals surface area (Å²) in [5.74, 6) is 0. The van der Waals surface area contributed by atoms with Gasteiger partial charge in [-0.2, -0.15) is 5.10 Å². The third kappa shape index (κ3) is 2.49. The van der Waals surface area contributed by atoms with Crippen molar-refractivity contribution in [3.8, 4) is 0 Å². The van der Waals surface area contributed by atoms with E-state index in [0.29, 0.717) is 6.04 Å². The standard InChI is InChI=1S/C13H17N3/c1-11(12-6-4-3-5-7-12)16(2)10-13-8-9-14-15-13/h3-9,11H,10H2,1-2H3,(H,14,15)/t11-/m0/s1. The minimum absolute atomic E-state index is 0.407. The molecule has 0 spiro atoms. The summed E-state index contributed by atoms with van der Waals surface area (Å²) in [6, 6.07) is 12.9. The Morgan fingerprint density at radius 3 is 2.62 bits per heavy atom. The Labute approximate surface area is 96.1 Å². The summed E-state index contributed by atoms with van der Waals surface area (Å²) in [5, 5.41) is 6.94. The molecule has 0 unspecified atom stereocenters. The van der Waals surface area contributed by atoms with Crippen LogP contribution in [0.25, 0.3) is 0 Å². The number of benzene rings is 1. The molecule has 0 aliphatic rings. The molecule has 2 rings (SSSR count). The highest BCUT2D eigenvalue weighted by Crippen LogP contribution is 2.19. The van der Waals surface area contributed by atoms with Crippen LogP contribution in [0.5, 0.6) is 0 Å². The van der Waals surface area contributed by atoms with Crippen molar-refractivity contribution in [3.63, 3.8) is 0 Å². The van der Waals surface area contributed by atoms with Crippen molar-refractivity contribution in [2.75, 3.05) is 7.05 Å². The van der Waals surface area contributed by atoms with Crippen molar-refractivity contribution in [3.05, 3.63) is 53.9 Å². The lowest BCUT2D eigenvalue weighted by molar-refractivity contribution is 0.250. The second kappa shape index (κ2) is 4.94. The minimum Gasteiger partial charge on any atom is -0.294 e. The van der Waals surface area contributed by atoms with Gasteiger partial charge in [0.2, 0.25) is 0 Å². The second-order valence-corrected chi connectivity index (χ2v) is 4.08. The Bertz CT molecular complexity index is 408. The van der Waals surface area contributed by atoms with Crippen LogP contribution in [0.1, 0.15) is 24.2 Å². The quantitative estimate of drug-likeness (QED) is 0.850. The van der Waals surface area contributed by atoms with Gasteiger partial charge in [-0.3, -0.25) is 10.00 Å². The Hall–Kier alpha value is -1.61. The van der Waals surface area contributed by atoms with Crippen molar-refractivity contribution >= 4 is 0 Å². The first-order chi connectivity index (χ1) is 7.77. The van der Waals surface area contributed by atoms with Gasteiger partial charge in [-0.05, 0) is 25.6 Å². The van der Waals surface area contributed by atoms with Gasteiger partial charge in [0.1, 0.15) is 0 Å². The van der Waals surface area contributed by atoms with E-state index in [1.165, 1.54) is 5.56 Å². The van der Waals surface area contributed by atoms with Gasteiger partial charge in [0.25, 0.3) is 0 Å². The number of nitrogens with zero attached hydrogens (tertiary/aromatic N) is 2. The molecule has 1 heterocycles. The third-order valence-corrected chi connectivity index (χ3v) is 2.92. The molecule has 1 N–H and O–H groups in total. The van der Waals surface area contributed by atoms with Gasteiger partial charge >= 0.3 is 0 Å². The van der Waals surface area contributed by atoms with Gasteiger partial charge < -0.3 is 0 Å². The van der Waals surface area contributed by atoms with Crippen LogP contribution in [0.3, 0.4) is 0 Å². The van der Waals surface area contributed by atoms with E-state index >= 15 is 0 Å². The lowest BCUT2D eigenvalue weighted by Crippen LogP contribution is -2.22. The van der Waals surface area contributed by atoms with Gasteiger partial charge in [0.05, 0.1) is 0 Å². The summed E-state index contributed by atoms with van der Waals surface area (Å²) in [4.78, 5) is 2.29. The molecule has 0 amide bonds. The van der Waals surface area contributed by atoms with E-state index < -0.39 is 0 Å². The van der Waals surface area contributed by atoms with Crippen LogP contribution >= 0.6 is 0 Å². The lowest BCUT2D eigenvalue weighted by atomic mass is 10.1. The molecule has 84 valence electrons. The van der Waals surface area contributed by atoms with Crippen LogP contribution in [0.15, 0.2) is 42.6 Å².